The fraction of sp³-hybridized carbons (Fsp3) is 0.250. The SMILES string of the molecule is Brc1cc2nc3n(c2cc1Br)[C@H]1OC[C@H](n2cc(-c4ccccc4)nn2)[C@H]1OC3. The van der Waals surface area contributed by atoms with Gasteiger partial charge in [0.05, 0.1) is 23.8 Å². The third-order valence-corrected chi connectivity index (χ3v) is 7.33. The van der Waals surface area contributed by atoms with Gasteiger partial charge in [-0.05, 0) is 44.0 Å². The van der Waals surface area contributed by atoms with Gasteiger partial charge in [0, 0.05) is 14.5 Å². The Labute approximate surface area is 182 Å². The summed E-state index contributed by atoms with van der Waals surface area (Å²) >= 11 is 7.14. The number of aromatic nitrogens is 5. The molecule has 3 atom stereocenters. The largest absolute Gasteiger partial charge is 0.363 e. The first kappa shape index (κ1) is 17.8. The van der Waals surface area contributed by atoms with E-state index in [9.17, 15) is 0 Å². The quantitative estimate of drug-likeness (QED) is 0.392. The van der Waals surface area contributed by atoms with Crippen molar-refractivity contribution in [1.82, 2.24) is 24.5 Å². The zero-order chi connectivity index (χ0) is 19.5. The van der Waals surface area contributed by atoms with E-state index in [2.05, 4.69) is 52.8 Å². The van der Waals surface area contributed by atoms with E-state index in [1.54, 1.807) is 0 Å². The molecule has 2 aliphatic rings. The third kappa shape index (κ3) is 2.79. The highest BCUT2D eigenvalue weighted by Crippen LogP contribution is 2.41. The van der Waals surface area contributed by atoms with Crippen molar-refractivity contribution < 1.29 is 9.47 Å². The molecule has 0 bridgehead atoms. The van der Waals surface area contributed by atoms with Gasteiger partial charge < -0.3 is 9.47 Å². The fourth-order valence-electron chi connectivity index (χ4n) is 4.10. The molecule has 4 aromatic rings. The summed E-state index contributed by atoms with van der Waals surface area (Å²) in [6, 6.07) is 14.1. The predicted molar refractivity (Wildman–Crippen MR) is 113 cm³/mol. The molecule has 0 amide bonds. The van der Waals surface area contributed by atoms with Crippen molar-refractivity contribution in [2.24, 2.45) is 0 Å². The van der Waals surface area contributed by atoms with Crippen LogP contribution in [0.15, 0.2) is 57.6 Å². The summed E-state index contributed by atoms with van der Waals surface area (Å²) < 4.78 is 18.3. The van der Waals surface area contributed by atoms with E-state index in [-0.39, 0.29) is 18.4 Å². The number of benzene rings is 2. The number of rotatable bonds is 2. The number of imidazole rings is 1. The monoisotopic (exact) mass is 515 g/mol. The van der Waals surface area contributed by atoms with Gasteiger partial charge in [-0.25, -0.2) is 9.67 Å². The lowest BCUT2D eigenvalue weighted by atomic mass is 10.1. The summed E-state index contributed by atoms with van der Waals surface area (Å²) in [5, 5.41) is 8.71. The minimum Gasteiger partial charge on any atom is -0.363 e. The number of fused-ring (bicyclic) bond motifs is 5. The summed E-state index contributed by atoms with van der Waals surface area (Å²) in [6.45, 7) is 0.939. The number of nitrogens with zero attached hydrogens (tertiary/aromatic N) is 5. The van der Waals surface area contributed by atoms with Crippen LogP contribution in [0.5, 0.6) is 0 Å². The maximum absolute atomic E-state index is 6.18. The maximum Gasteiger partial charge on any atom is 0.164 e. The second-order valence-electron chi connectivity index (χ2n) is 7.17. The van der Waals surface area contributed by atoms with Gasteiger partial charge in [-0.15, -0.1) is 5.10 Å². The highest BCUT2D eigenvalue weighted by atomic mass is 79.9. The molecule has 0 aliphatic carbocycles. The van der Waals surface area contributed by atoms with Gasteiger partial charge in [-0.3, -0.25) is 4.57 Å². The lowest BCUT2D eigenvalue weighted by molar-refractivity contribution is -0.0864. The first-order valence-electron chi connectivity index (χ1n) is 9.25. The van der Waals surface area contributed by atoms with Crippen LogP contribution < -0.4 is 0 Å². The Morgan fingerprint density at radius 2 is 1.86 bits per heavy atom. The van der Waals surface area contributed by atoms with Gasteiger partial charge in [0.1, 0.15) is 30.3 Å². The Balaban J connectivity index is 1.36. The molecule has 0 radical (unpaired) electrons. The van der Waals surface area contributed by atoms with Crippen molar-refractivity contribution in [2.75, 3.05) is 6.61 Å². The number of hydrogen-bond acceptors (Lipinski definition) is 5. The lowest BCUT2D eigenvalue weighted by Gasteiger charge is -2.29. The molecule has 2 aromatic heterocycles. The van der Waals surface area contributed by atoms with Crippen molar-refractivity contribution in [3.63, 3.8) is 0 Å². The van der Waals surface area contributed by atoms with Gasteiger partial charge in [0.15, 0.2) is 6.23 Å². The lowest BCUT2D eigenvalue weighted by Crippen LogP contribution is -2.35. The first-order chi connectivity index (χ1) is 14.2. The number of ether oxygens (including phenoxy) is 2. The summed E-state index contributed by atoms with van der Waals surface area (Å²) in [7, 11) is 0. The van der Waals surface area contributed by atoms with Crippen LogP contribution in [0.4, 0.5) is 0 Å². The molecule has 1 fully saturated rings. The van der Waals surface area contributed by atoms with E-state index in [1.165, 1.54) is 0 Å². The molecule has 0 saturated carbocycles. The predicted octanol–water partition coefficient (Wildman–Crippen LogP) is 4.49. The molecular weight excluding hydrogens is 502 g/mol. The van der Waals surface area contributed by atoms with Crippen molar-refractivity contribution in [1.29, 1.82) is 0 Å². The molecule has 6 rings (SSSR count). The highest BCUT2D eigenvalue weighted by molar-refractivity contribution is 9.13. The van der Waals surface area contributed by atoms with Gasteiger partial charge in [-0.1, -0.05) is 35.5 Å². The average Bonchev–Trinajstić information content (AvgIpc) is 3.45. The molecule has 2 aromatic carbocycles. The van der Waals surface area contributed by atoms with E-state index in [4.69, 9.17) is 14.5 Å². The third-order valence-electron chi connectivity index (χ3n) is 5.48. The van der Waals surface area contributed by atoms with Gasteiger partial charge >= 0.3 is 0 Å². The summed E-state index contributed by atoms with van der Waals surface area (Å²) in [6.07, 6.45) is 1.56. The van der Waals surface area contributed by atoms with Crippen LogP contribution in [0, 0.1) is 0 Å². The maximum atomic E-state index is 6.18. The Morgan fingerprint density at radius 1 is 1.03 bits per heavy atom. The standard InChI is InChI=1S/C20H15Br2N5O2/c21-12-6-14-16(7-13(12)22)27-18(23-14)10-28-19-17(9-29-20(19)27)26-8-15(24-25-26)11-4-2-1-3-5-11/h1-8,17,19-20H,9-10H2/t17-,19+,20-/m0/s1. The minimum absolute atomic E-state index is 0.0468. The van der Waals surface area contributed by atoms with Crippen LogP contribution in [-0.2, 0) is 16.1 Å². The Kier molecular flexibility index (Phi) is 4.12. The van der Waals surface area contributed by atoms with Crippen molar-refractivity contribution in [3.05, 3.63) is 63.4 Å². The Bertz CT molecular complexity index is 1220. The summed E-state index contributed by atoms with van der Waals surface area (Å²) in [5.74, 6) is 0.871. The minimum atomic E-state index is -0.244. The molecular formula is C20H15Br2N5O2. The Hall–Kier alpha value is -2.07. The van der Waals surface area contributed by atoms with Crippen LogP contribution in [0.1, 0.15) is 18.1 Å². The average molecular weight is 517 g/mol. The van der Waals surface area contributed by atoms with Crippen molar-refractivity contribution in [3.8, 4) is 11.3 Å². The van der Waals surface area contributed by atoms with Crippen molar-refractivity contribution in [2.45, 2.75) is 25.0 Å². The Morgan fingerprint density at radius 3 is 2.72 bits per heavy atom. The molecule has 4 heterocycles. The highest BCUT2D eigenvalue weighted by Gasteiger charge is 2.45. The summed E-state index contributed by atoms with van der Waals surface area (Å²) in [4.78, 5) is 4.73. The molecule has 0 spiro atoms. The molecule has 1 saturated heterocycles. The number of halogens is 2. The topological polar surface area (TPSA) is 67.0 Å². The molecule has 0 unspecified atom stereocenters. The molecule has 2 aliphatic heterocycles. The zero-order valence-electron chi connectivity index (χ0n) is 15.1. The zero-order valence-corrected chi connectivity index (χ0v) is 18.2. The van der Waals surface area contributed by atoms with E-state index >= 15 is 0 Å². The molecule has 9 heteroatoms. The van der Waals surface area contributed by atoms with Gasteiger partial charge in [0.2, 0.25) is 0 Å². The van der Waals surface area contributed by atoms with E-state index < -0.39 is 0 Å². The second-order valence-corrected chi connectivity index (χ2v) is 8.88. The normalized spacial score (nSPS) is 23.3. The van der Waals surface area contributed by atoms with E-state index in [0.717, 1.165) is 37.1 Å². The second kappa shape index (κ2) is 6.73. The first-order valence-corrected chi connectivity index (χ1v) is 10.8. The number of hydrogen-bond donors (Lipinski definition) is 0. The van der Waals surface area contributed by atoms with Crippen LogP contribution in [-0.4, -0.2) is 37.3 Å². The van der Waals surface area contributed by atoms with Gasteiger partial charge in [-0.2, -0.15) is 0 Å². The molecule has 0 N–H and O–H groups in total. The molecule has 7 nitrogen and oxygen atoms in total. The molecule has 29 heavy (non-hydrogen) atoms. The van der Waals surface area contributed by atoms with Gasteiger partial charge in [0.25, 0.3) is 0 Å². The van der Waals surface area contributed by atoms with Crippen molar-refractivity contribution >= 4 is 42.9 Å². The van der Waals surface area contributed by atoms with Crippen LogP contribution in [0.2, 0.25) is 0 Å². The van der Waals surface area contributed by atoms with E-state index in [0.29, 0.717) is 13.2 Å². The van der Waals surface area contributed by atoms with Crippen LogP contribution >= 0.6 is 31.9 Å². The smallest absolute Gasteiger partial charge is 0.164 e. The van der Waals surface area contributed by atoms with Crippen LogP contribution in [0.3, 0.4) is 0 Å². The summed E-state index contributed by atoms with van der Waals surface area (Å²) in [5.41, 5.74) is 3.82. The van der Waals surface area contributed by atoms with Crippen LogP contribution in [0.25, 0.3) is 22.3 Å². The van der Waals surface area contributed by atoms with E-state index in [1.807, 2.05) is 47.3 Å². The molecule has 146 valence electrons. The fourth-order valence-corrected chi connectivity index (χ4v) is 4.76.